The van der Waals surface area contributed by atoms with Gasteiger partial charge in [0.25, 0.3) is 0 Å². The zero-order chi connectivity index (χ0) is 19.4. The van der Waals surface area contributed by atoms with Crippen LogP contribution in [0.15, 0.2) is 42.6 Å². The van der Waals surface area contributed by atoms with Gasteiger partial charge in [-0.2, -0.15) is 13.2 Å². The molecule has 0 saturated carbocycles. The van der Waals surface area contributed by atoms with Crippen molar-refractivity contribution in [2.75, 3.05) is 23.3 Å². The molecule has 0 bridgehead atoms. The van der Waals surface area contributed by atoms with Gasteiger partial charge in [-0.05, 0) is 31.0 Å². The van der Waals surface area contributed by atoms with Crippen molar-refractivity contribution in [2.24, 2.45) is 0 Å². The van der Waals surface area contributed by atoms with E-state index in [-0.39, 0.29) is 17.1 Å². The number of halogens is 4. The van der Waals surface area contributed by atoms with E-state index in [0.717, 1.165) is 12.3 Å². The minimum Gasteiger partial charge on any atom is -0.355 e. The number of urea groups is 1. The van der Waals surface area contributed by atoms with Gasteiger partial charge in [0.05, 0.1) is 10.6 Å². The van der Waals surface area contributed by atoms with Gasteiger partial charge in [-0.3, -0.25) is 0 Å². The Kier molecular flexibility index (Phi) is 5.74. The van der Waals surface area contributed by atoms with Gasteiger partial charge in [0.1, 0.15) is 5.82 Å². The molecule has 1 aliphatic rings. The van der Waals surface area contributed by atoms with Crippen molar-refractivity contribution in [2.45, 2.75) is 25.1 Å². The predicted molar refractivity (Wildman–Crippen MR) is 98.1 cm³/mol. The van der Waals surface area contributed by atoms with E-state index in [1.165, 1.54) is 0 Å². The topological polar surface area (TPSA) is 57.3 Å². The van der Waals surface area contributed by atoms with Gasteiger partial charge >= 0.3 is 12.2 Å². The highest BCUT2D eigenvalue weighted by molar-refractivity contribution is 6.33. The third-order valence-electron chi connectivity index (χ3n) is 4.31. The monoisotopic (exact) mass is 398 g/mol. The van der Waals surface area contributed by atoms with Gasteiger partial charge in [-0.15, -0.1) is 0 Å². The second-order valence-corrected chi connectivity index (χ2v) is 6.66. The number of anilines is 2. The van der Waals surface area contributed by atoms with E-state index in [2.05, 4.69) is 15.6 Å². The van der Waals surface area contributed by atoms with E-state index < -0.39 is 11.7 Å². The van der Waals surface area contributed by atoms with Crippen molar-refractivity contribution in [3.8, 4) is 0 Å². The first-order valence-corrected chi connectivity index (χ1v) is 8.81. The number of nitrogens with one attached hydrogen (secondary N) is 2. The molecule has 1 aromatic carbocycles. The second kappa shape index (κ2) is 8.04. The minimum atomic E-state index is -4.47. The molecule has 0 spiro atoms. The largest absolute Gasteiger partial charge is 0.417 e. The number of alkyl halides is 3. The fraction of sp³-hybridized carbons (Fsp3) is 0.333. The average molecular weight is 399 g/mol. The smallest absolute Gasteiger partial charge is 0.355 e. The molecule has 1 saturated heterocycles. The summed E-state index contributed by atoms with van der Waals surface area (Å²) < 4.78 is 38.1. The minimum absolute atomic E-state index is 0.0295. The molecule has 3 rings (SSSR count). The van der Waals surface area contributed by atoms with E-state index in [0.29, 0.717) is 37.4 Å². The molecule has 2 N–H and O–H groups in total. The Morgan fingerprint density at radius 3 is 2.44 bits per heavy atom. The number of piperidine rings is 1. The number of rotatable bonds is 3. The highest BCUT2D eigenvalue weighted by atomic mass is 35.5. The summed E-state index contributed by atoms with van der Waals surface area (Å²) in [4.78, 5) is 17.8. The highest BCUT2D eigenvalue weighted by Crippen LogP contribution is 2.34. The molecule has 0 atom stereocenters. The number of hydrogen-bond donors (Lipinski definition) is 2. The van der Waals surface area contributed by atoms with Crippen molar-refractivity contribution in [1.29, 1.82) is 0 Å². The molecule has 144 valence electrons. The molecular formula is C18H18ClF3N4O. The maximum absolute atomic E-state index is 12.7. The molecule has 0 radical (unpaired) electrons. The van der Waals surface area contributed by atoms with Crippen LogP contribution in [-0.2, 0) is 6.18 Å². The first kappa shape index (κ1) is 19.3. The lowest BCUT2D eigenvalue weighted by Crippen LogP contribution is -2.46. The van der Waals surface area contributed by atoms with Gasteiger partial charge in [-0.25, -0.2) is 9.78 Å². The summed E-state index contributed by atoms with van der Waals surface area (Å²) in [6.07, 6.45) is -2.40. The molecule has 27 heavy (non-hydrogen) atoms. The van der Waals surface area contributed by atoms with Gasteiger partial charge < -0.3 is 15.5 Å². The van der Waals surface area contributed by atoms with Crippen LogP contribution in [0.2, 0.25) is 5.02 Å². The lowest BCUT2D eigenvalue weighted by atomic mass is 10.1. The molecule has 0 unspecified atom stereocenters. The van der Waals surface area contributed by atoms with Crippen LogP contribution in [0.5, 0.6) is 0 Å². The number of para-hydroxylation sites is 1. The number of carbonyl (C=O) groups excluding carboxylic acids is 1. The normalized spacial score (nSPS) is 15.5. The number of benzene rings is 1. The fourth-order valence-electron chi connectivity index (χ4n) is 2.93. The van der Waals surface area contributed by atoms with Gasteiger partial charge in [0, 0.05) is 31.0 Å². The molecule has 1 aromatic heterocycles. The van der Waals surface area contributed by atoms with Crippen molar-refractivity contribution < 1.29 is 18.0 Å². The van der Waals surface area contributed by atoms with Gasteiger partial charge in [0.2, 0.25) is 0 Å². The Bertz CT molecular complexity index is 793. The van der Waals surface area contributed by atoms with Crippen LogP contribution in [0.3, 0.4) is 0 Å². The number of carbonyl (C=O) groups is 1. The molecule has 2 aromatic rings. The van der Waals surface area contributed by atoms with Crippen LogP contribution in [0.25, 0.3) is 0 Å². The third-order valence-corrected chi connectivity index (χ3v) is 4.59. The highest BCUT2D eigenvalue weighted by Gasteiger charge is 2.32. The maximum Gasteiger partial charge on any atom is 0.417 e. The van der Waals surface area contributed by atoms with Crippen molar-refractivity contribution >= 4 is 29.1 Å². The summed E-state index contributed by atoms with van der Waals surface area (Å²) in [5.74, 6) is 0.330. The summed E-state index contributed by atoms with van der Waals surface area (Å²) in [7, 11) is 0. The Morgan fingerprint density at radius 2 is 1.85 bits per heavy atom. The zero-order valence-electron chi connectivity index (χ0n) is 14.3. The Hall–Kier alpha value is -2.48. The van der Waals surface area contributed by atoms with Gasteiger partial charge in [-0.1, -0.05) is 29.8 Å². The summed E-state index contributed by atoms with van der Waals surface area (Å²) in [6, 6.07) is 9.68. The second-order valence-electron chi connectivity index (χ2n) is 6.25. The van der Waals surface area contributed by atoms with Crippen LogP contribution in [0.1, 0.15) is 18.4 Å². The first-order chi connectivity index (χ1) is 12.8. The average Bonchev–Trinajstić information content (AvgIpc) is 2.62. The molecule has 1 aliphatic heterocycles. The number of aromatic nitrogens is 1. The molecular weight excluding hydrogens is 381 g/mol. The van der Waals surface area contributed by atoms with E-state index in [4.69, 9.17) is 11.6 Å². The Balaban J connectivity index is 1.54. The van der Waals surface area contributed by atoms with E-state index in [1.807, 2.05) is 23.1 Å². The standard InChI is InChI=1S/C18H18ClF3N4O/c19-15-10-12(18(20,21)22)11-23-16(15)26-8-6-14(7-9-26)25-17(27)24-13-4-2-1-3-5-13/h1-5,10-11,14H,6-9H2,(H2,24,25,27). The van der Waals surface area contributed by atoms with Crippen LogP contribution in [0.4, 0.5) is 29.5 Å². The lowest BCUT2D eigenvalue weighted by Gasteiger charge is -2.33. The van der Waals surface area contributed by atoms with E-state index in [9.17, 15) is 18.0 Å². The lowest BCUT2D eigenvalue weighted by molar-refractivity contribution is -0.137. The predicted octanol–water partition coefficient (Wildman–Crippen LogP) is 4.54. The number of pyridine rings is 1. The van der Waals surface area contributed by atoms with E-state index >= 15 is 0 Å². The fourth-order valence-corrected chi connectivity index (χ4v) is 3.21. The Labute approximate surface area is 159 Å². The summed E-state index contributed by atoms with van der Waals surface area (Å²) >= 11 is 6.00. The van der Waals surface area contributed by atoms with Crippen LogP contribution >= 0.6 is 11.6 Å². The van der Waals surface area contributed by atoms with Crippen molar-refractivity contribution in [1.82, 2.24) is 10.3 Å². The number of hydrogen-bond acceptors (Lipinski definition) is 3. The Morgan fingerprint density at radius 1 is 1.19 bits per heavy atom. The maximum atomic E-state index is 12.7. The SMILES string of the molecule is O=C(Nc1ccccc1)NC1CCN(c2ncc(C(F)(F)F)cc2Cl)CC1. The zero-order valence-corrected chi connectivity index (χ0v) is 15.0. The van der Waals surface area contributed by atoms with E-state index in [1.54, 1.807) is 12.1 Å². The first-order valence-electron chi connectivity index (χ1n) is 8.43. The third kappa shape index (κ3) is 5.03. The molecule has 5 nitrogen and oxygen atoms in total. The van der Waals surface area contributed by atoms with Crippen LogP contribution in [-0.4, -0.2) is 30.1 Å². The molecule has 2 amide bonds. The number of nitrogens with zero attached hydrogens (tertiary/aromatic N) is 2. The van der Waals surface area contributed by atoms with Crippen LogP contribution < -0.4 is 15.5 Å². The summed E-state index contributed by atoms with van der Waals surface area (Å²) in [5, 5.41) is 5.63. The molecule has 0 aliphatic carbocycles. The quantitative estimate of drug-likeness (QED) is 0.797. The molecule has 2 heterocycles. The van der Waals surface area contributed by atoms with Gasteiger partial charge in [0.15, 0.2) is 0 Å². The van der Waals surface area contributed by atoms with Crippen LogP contribution in [0, 0.1) is 0 Å². The molecule has 1 fully saturated rings. The van der Waals surface area contributed by atoms with Crippen molar-refractivity contribution in [3.05, 3.63) is 53.2 Å². The summed E-state index contributed by atoms with van der Waals surface area (Å²) in [5.41, 5.74) is -0.168. The number of amides is 2. The summed E-state index contributed by atoms with van der Waals surface area (Å²) in [6.45, 7) is 1.07. The molecule has 9 heteroatoms. The van der Waals surface area contributed by atoms with Crippen molar-refractivity contribution in [3.63, 3.8) is 0 Å².